The normalized spacial score (nSPS) is 14.6. The van der Waals surface area contributed by atoms with Crippen molar-refractivity contribution in [2.24, 2.45) is 0 Å². The molecule has 0 fully saturated rings. The summed E-state index contributed by atoms with van der Waals surface area (Å²) in [4.78, 5) is 29.6. The van der Waals surface area contributed by atoms with Gasteiger partial charge in [0, 0.05) is 24.3 Å². The molecule has 128 valence electrons. The Balaban J connectivity index is 1.85. The molecule has 4 nitrogen and oxygen atoms in total. The highest BCUT2D eigenvalue weighted by molar-refractivity contribution is 6.15. The Labute approximate surface area is 152 Å². The summed E-state index contributed by atoms with van der Waals surface area (Å²) < 4.78 is 0. The Hall–Kier alpha value is -3.40. The monoisotopic (exact) mass is 342 g/mol. The van der Waals surface area contributed by atoms with E-state index in [1.54, 1.807) is 15.9 Å². The van der Waals surface area contributed by atoms with E-state index < -0.39 is 0 Å². The van der Waals surface area contributed by atoms with Crippen LogP contribution in [-0.4, -0.2) is 18.4 Å². The Morgan fingerprint density at radius 1 is 0.654 bits per heavy atom. The molecule has 0 aliphatic carbocycles. The van der Waals surface area contributed by atoms with Crippen molar-refractivity contribution >= 4 is 28.9 Å². The first-order chi connectivity index (χ1) is 12.8. The molecule has 0 spiro atoms. The third-order valence-electron chi connectivity index (χ3n) is 4.50. The fourth-order valence-corrected chi connectivity index (χ4v) is 3.26. The maximum absolute atomic E-state index is 13.3. The lowest BCUT2D eigenvalue weighted by atomic mass is 10.1. The Kier molecular flexibility index (Phi) is 4.23. The Morgan fingerprint density at radius 2 is 1.23 bits per heavy atom. The smallest absolute Gasteiger partial charge is 0.260 e. The summed E-state index contributed by atoms with van der Waals surface area (Å²) in [5.74, 6) is -0.127. The standard InChI is InChI=1S/C22H18N2O2/c25-21-15-16-23(17-9-3-1-4-10-17)22(26)19-13-7-8-14-20(19)24(21)18-11-5-2-6-12-18/h1-14H,15-16H2. The fraction of sp³-hybridized carbons (Fsp3) is 0.0909. The SMILES string of the molecule is O=C1c2ccccc2N(c2ccccc2)C(=O)CCN1c1ccccc1. The van der Waals surface area contributed by atoms with E-state index in [1.807, 2.05) is 78.9 Å². The molecule has 1 heterocycles. The quantitative estimate of drug-likeness (QED) is 0.692. The van der Waals surface area contributed by atoms with E-state index in [9.17, 15) is 9.59 Å². The molecule has 0 atom stereocenters. The molecular weight excluding hydrogens is 324 g/mol. The molecule has 0 radical (unpaired) electrons. The molecule has 26 heavy (non-hydrogen) atoms. The zero-order valence-electron chi connectivity index (χ0n) is 14.2. The number of carbonyl (C=O) groups excluding carboxylic acids is 2. The highest BCUT2D eigenvalue weighted by Crippen LogP contribution is 2.33. The van der Waals surface area contributed by atoms with Gasteiger partial charge >= 0.3 is 0 Å². The van der Waals surface area contributed by atoms with Crippen molar-refractivity contribution < 1.29 is 9.59 Å². The van der Waals surface area contributed by atoms with Gasteiger partial charge in [-0.1, -0.05) is 48.5 Å². The van der Waals surface area contributed by atoms with Gasteiger partial charge in [-0.15, -0.1) is 0 Å². The lowest BCUT2D eigenvalue weighted by Gasteiger charge is -2.31. The maximum atomic E-state index is 13.3. The molecule has 0 saturated carbocycles. The van der Waals surface area contributed by atoms with Gasteiger partial charge in [-0.2, -0.15) is 0 Å². The number of amides is 2. The van der Waals surface area contributed by atoms with E-state index in [1.165, 1.54) is 0 Å². The molecule has 3 aromatic rings. The molecule has 0 saturated heterocycles. The van der Waals surface area contributed by atoms with Crippen LogP contribution in [0.5, 0.6) is 0 Å². The number of rotatable bonds is 2. The maximum Gasteiger partial charge on any atom is 0.260 e. The van der Waals surface area contributed by atoms with Crippen LogP contribution in [0.2, 0.25) is 0 Å². The van der Waals surface area contributed by atoms with Gasteiger partial charge in [0.25, 0.3) is 5.91 Å². The average Bonchev–Trinajstić information content (AvgIpc) is 2.69. The summed E-state index contributed by atoms with van der Waals surface area (Å²) in [6, 6.07) is 26.2. The van der Waals surface area contributed by atoms with Gasteiger partial charge in [0.1, 0.15) is 0 Å². The van der Waals surface area contributed by atoms with Gasteiger partial charge in [0.15, 0.2) is 0 Å². The molecule has 2 amide bonds. The van der Waals surface area contributed by atoms with Crippen molar-refractivity contribution in [2.45, 2.75) is 6.42 Å². The van der Waals surface area contributed by atoms with E-state index in [0.717, 1.165) is 11.4 Å². The van der Waals surface area contributed by atoms with Crippen LogP contribution in [0.1, 0.15) is 16.8 Å². The molecule has 4 heteroatoms. The minimum Gasteiger partial charge on any atom is -0.308 e. The molecule has 1 aliphatic rings. The van der Waals surface area contributed by atoms with Gasteiger partial charge in [-0.25, -0.2) is 0 Å². The highest BCUT2D eigenvalue weighted by atomic mass is 16.2. The highest BCUT2D eigenvalue weighted by Gasteiger charge is 2.30. The number of nitrogens with zero attached hydrogens (tertiary/aromatic N) is 2. The summed E-state index contributed by atoms with van der Waals surface area (Å²) >= 11 is 0. The molecule has 1 aliphatic heterocycles. The third kappa shape index (κ3) is 2.86. The average molecular weight is 342 g/mol. The number of anilines is 3. The first-order valence-corrected chi connectivity index (χ1v) is 8.59. The summed E-state index contributed by atoms with van der Waals surface area (Å²) in [7, 11) is 0. The first-order valence-electron chi connectivity index (χ1n) is 8.59. The zero-order chi connectivity index (χ0) is 17.9. The summed E-state index contributed by atoms with van der Waals surface area (Å²) in [6.07, 6.45) is 0.254. The Bertz CT molecular complexity index is 939. The third-order valence-corrected chi connectivity index (χ3v) is 4.50. The van der Waals surface area contributed by atoms with Gasteiger partial charge in [-0.05, 0) is 36.4 Å². The molecule has 0 aromatic heterocycles. The van der Waals surface area contributed by atoms with Crippen LogP contribution >= 0.6 is 0 Å². The van der Waals surface area contributed by atoms with Crippen molar-refractivity contribution in [3.63, 3.8) is 0 Å². The molecular formula is C22H18N2O2. The first kappa shape index (κ1) is 16.1. The van der Waals surface area contributed by atoms with Crippen molar-refractivity contribution in [2.75, 3.05) is 16.3 Å². The number of hydrogen-bond acceptors (Lipinski definition) is 2. The second-order valence-corrected chi connectivity index (χ2v) is 6.12. The van der Waals surface area contributed by atoms with Crippen LogP contribution in [0, 0.1) is 0 Å². The molecule has 3 aromatic carbocycles. The summed E-state index contributed by atoms with van der Waals surface area (Å²) in [5.41, 5.74) is 2.71. The second-order valence-electron chi connectivity index (χ2n) is 6.12. The summed E-state index contributed by atoms with van der Waals surface area (Å²) in [5, 5.41) is 0. The van der Waals surface area contributed by atoms with Gasteiger partial charge in [0.05, 0.1) is 11.3 Å². The van der Waals surface area contributed by atoms with Crippen molar-refractivity contribution in [1.82, 2.24) is 0 Å². The van der Waals surface area contributed by atoms with Crippen molar-refractivity contribution in [1.29, 1.82) is 0 Å². The van der Waals surface area contributed by atoms with Crippen LogP contribution in [0.15, 0.2) is 84.9 Å². The van der Waals surface area contributed by atoms with Crippen LogP contribution in [0.4, 0.5) is 17.1 Å². The van der Waals surface area contributed by atoms with Gasteiger partial charge < -0.3 is 4.90 Å². The van der Waals surface area contributed by atoms with Gasteiger partial charge in [-0.3, -0.25) is 14.5 Å². The van der Waals surface area contributed by atoms with Crippen LogP contribution in [-0.2, 0) is 4.79 Å². The van der Waals surface area contributed by atoms with Crippen molar-refractivity contribution in [3.8, 4) is 0 Å². The molecule has 0 unspecified atom stereocenters. The number of carbonyl (C=O) groups is 2. The van der Waals surface area contributed by atoms with Crippen molar-refractivity contribution in [3.05, 3.63) is 90.5 Å². The number of fused-ring (bicyclic) bond motifs is 1. The summed E-state index contributed by atoms with van der Waals surface area (Å²) in [6.45, 7) is 0.347. The van der Waals surface area contributed by atoms with Gasteiger partial charge in [0.2, 0.25) is 5.91 Å². The minimum atomic E-state index is -0.0970. The predicted molar refractivity (Wildman–Crippen MR) is 103 cm³/mol. The molecule has 4 rings (SSSR count). The minimum absolute atomic E-state index is 0.0305. The van der Waals surface area contributed by atoms with Crippen LogP contribution < -0.4 is 9.80 Å². The second kappa shape index (κ2) is 6.84. The Morgan fingerprint density at radius 3 is 1.92 bits per heavy atom. The van der Waals surface area contributed by atoms with Crippen LogP contribution in [0.3, 0.4) is 0 Å². The van der Waals surface area contributed by atoms with E-state index in [-0.39, 0.29) is 18.2 Å². The lowest BCUT2D eigenvalue weighted by Crippen LogP contribution is -2.40. The lowest BCUT2D eigenvalue weighted by molar-refractivity contribution is -0.117. The van der Waals surface area contributed by atoms with E-state index in [2.05, 4.69) is 0 Å². The number of para-hydroxylation sites is 3. The van der Waals surface area contributed by atoms with E-state index >= 15 is 0 Å². The number of hydrogen-bond donors (Lipinski definition) is 0. The largest absolute Gasteiger partial charge is 0.308 e. The number of benzene rings is 3. The molecule has 0 bridgehead atoms. The zero-order valence-corrected chi connectivity index (χ0v) is 14.2. The van der Waals surface area contributed by atoms with E-state index in [4.69, 9.17) is 0 Å². The molecule has 0 N–H and O–H groups in total. The van der Waals surface area contributed by atoms with E-state index in [0.29, 0.717) is 17.8 Å². The van der Waals surface area contributed by atoms with Crippen LogP contribution in [0.25, 0.3) is 0 Å². The fourth-order valence-electron chi connectivity index (χ4n) is 3.26. The topological polar surface area (TPSA) is 40.6 Å². The predicted octanol–water partition coefficient (Wildman–Crippen LogP) is 4.40.